The molecule has 0 aliphatic rings. The van der Waals surface area contributed by atoms with Gasteiger partial charge < -0.3 is 16.4 Å². The van der Waals surface area contributed by atoms with Crippen LogP contribution < -0.4 is 16.4 Å². The first-order valence-electron chi connectivity index (χ1n) is 7.87. The largest absolute Gasteiger partial charge is 0.383 e. The maximum absolute atomic E-state index is 14.1. The molecule has 25 heavy (non-hydrogen) atoms. The number of nitrogens with two attached hydrogens (primary N) is 1. The summed E-state index contributed by atoms with van der Waals surface area (Å²) in [6.45, 7) is 5.77. The molecule has 1 aromatic heterocycles. The second-order valence-corrected chi connectivity index (χ2v) is 6.84. The van der Waals surface area contributed by atoms with E-state index in [1.165, 1.54) is 12.1 Å². The Bertz CT molecular complexity index is 759. The Morgan fingerprint density at radius 3 is 2.60 bits per heavy atom. The number of aromatic nitrogens is 1. The standard InChI is InChI=1S/C18H22F2N4O/c1-18(2,3)15(13-7-6-12(19)9-14(13)20)24-17(25)23-10-11-5-4-8-22-16(11)21/h4-9,15H,10H2,1-3H3,(H2,21,22)(H2,23,24,25). The van der Waals surface area contributed by atoms with Crippen molar-refractivity contribution >= 4 is 11.8 Å². The smallest absolute Gasteiger partial charge is 0.315 e. The van der Waals surface area contributed by atoms with Crippen molar-refractivity contribution in [2.24, 2.45) is 5.41 Å². The van der Waals surface area contributed by atoms with E-state index >= 15 is 0 Å². The Hall–Kier alpha value is -2.70. The molecule has 0 spiro atoms. The number of hydrogen-bond acceptors (Lipinski definition) is 3. The highest BCUT2D eigenvalue weighted by atomic mass is 19.1. The number of rotatable bonds is 4. The van der Waals surface area contributed by atoms with Gasteiger partial charge in [0, 0.05) is 29.9 Å². The first-order valence-corrected chi connectivity index (χ1v) is 7.87. The number of nitrogen functional groups attached to an aromatic ring is 1. The third-order valence-corrected chi connectivity index (χ3v) is 3.78. The van der Waals surface area contributed by atoms with E-state index in [1.54, 1.807) is 18.3 Å². The molecule has 1 atom stereocenters. The van der Waals surface area contributed by atoms with Crippen LogP contribution in [0.15, 0.2) is 36.5 Å². The maximum atomic E-state index is 14.1. The molecule has 7 heteroatoms. The minimum atomic E-state index is -0.697. The number of nitrogens with one attached hydrogen (secondary N) is 2. The Labute approximate surface area is 145 Å². The van der Waals surface area contributed by atoms with Crippen molar-refractivity contribution < 1.29 is 13.6 Å². The Morgan fingerprint density at radius 1 is 1.28 bits per heavy atom. The van der Waals surface area contributed by atoms with Crippen molar-refractivity contribution in [1.29, 1.82) is 0 Å². The van der Waals surface area contributed by atoms with Crippen LogP contribution in [0, 0.1) is 17.0 Å². The molecule has 2 aromatic rings. The fourth-order valence-electron chi connectivity index (χ4n) is 2.45. The Balaban J connectivity index is 2.12. The predicted octanol–water partition coefficient (Wildman–Crippen LogP) is 3.53. The van der Waals surface area contributed by atoms with Gasteiger partial charge in [-0.2, -0.15) is 0 Å². The summed E-state index contributed by atoms with van der Waals surface area (Å²) < 4.78 is 27.3. The zero-order valence-electron chi connectivity index (χ0n) is 14.4. The summed E-state index contributed by atoms with van der Waals surface area (Å²) in [4.78, 5) is 16.2. The highest BCUT2D eigenvalue weighted by molar-refractivity contribution is 5.74. The molecule has 0 aliphatic carbocycles. The Kier molecular flexibility index (Phi) is 5.56. The van der Waals surface area contributed by atoms with Crippen molar-refractivity contribution in [2.75, 3.05) is 5.73 Å². The zero-order valence-corrected chi connectivity index (χ0v) is 14.4. The molecular formula is C18H22F2N4O. The summed E-state index contributed by atoms with van der Waals surface area (Å²) in [7, 11) is 0. The van der Waals surface area contributed by atoms with Gasteiger partial charge in [-0.05, 0) is 17.5 Å². The van der Waals surface area contributed by atoms with Crippen LogP contribution in [0.3, 0.4) is 0 Å². The number of hydrogen-bond donors (Lipinski definition) is 3. The van der Waals surface area contributed by atoms with E-state index in [2.05, 4.69) is 15.6 Å². The highest BCUT2D eigenvalue weighted by Gasteiger charge is 2.30. The van der Waals surface area contributed by atoms with E-state index in [-0.39, 0.29) is 12.1 Å². The van der Waals surface area contributed by atoms with Crippen LogP contribution in [0.25, 0.3) is 0 Å². The number of halogens is 2. The van der Waals surface area contributed by atoms with Gasteiger partial charge in [0.2, 0.25) is 0 Å². The number of pyridine rings is 1. The molecule has 0 saturated carbocycles. The van der Waals surface area contributed by atoms with Gasteiger partial charge in [0.05, 0.1) is 6.04 Å². The third-order valence-electron chi connectivity index (χ3n) is 3.78. The Morgan fingerprint density at radius 2 is 2.00 bits per heavy atom. The molecule has 1 unspecified atom stereocenters. The number of anilines is 1. The van der Waals surface area contributed by atoms with E-state index in [9.17, 15) is 13.6 Å². The van der Waals surface area contributed by atoms with Gasteiger partial charge in [-0.15, -0.1) is 0 Å². The lowest BCUT2D eigenvalue weighted by Crippen LogP contribution is -2.42. The molecule has 0 fully saturated rings. The second-order valence-electron chi connectivity index (χ2n) is 6.84. The zero-order chi connectivity index (χ0) is 18.6. The van der Waals surface area contributed by atoms with Crippen LogP contribution in [-0.2, 0) is 6.54 Å². The van der Waals surface area contributed by atoms with Crippen LogP contribution >= 0.6 is 0 Å². The summed E-state index contributed by atoms with van der Waals surface area (Å²) in [5.41, 5.74) is 6.16. The van der Waals surface area contributed by atoms with E-state index in [1.807, 2.05) is 20.8 Å². The lowest BCUT2D eigenvalue weighted by molar-refractivity contribution is 0.216. The highest BCUT2D eigenvalue weighted by Crippen LogP contribution is 2.34. The first-order chi connectivity index (χ1) is 11.7. The van der Waals surface area contributed by atoms with Crippen LogP contribution in [-0.4, -0.2) is 11.0 Å². The molecular weight excluding hydrogens is 326 g/mol. The van der Waals surface area contributed by atoms with Crippen molar-refractivity contribution in [2.45, 2.75) is 33.4 Å². The molecule has 5 nitrogen and oxygen atoms in total. The summed E-state index contributed by atoms with van der Waals surface area (Å²) in [5.74, 6) is -1.03. The number of carbonyl (C=O) groups excluding carboxylic acids is 1. The quantitative estimate of drug-likeness (QED) is 0.791. The molecule has 2 rings (SSSR count). The molecule has 0 bridgehead atoms. The van der Waals surface area contributed by atoms with E-state index in [0.717, 1.165) is 6.07 Å². The lowest BCUT2D eigenvalue weighted by atomic mass is 9.82. The summed E-state index contributed by atoms with van der Waals surface area (Å²) in [5, 5.41) is 5.43. The van der Waals surface area contributed by atoms with Gasteiger partial charge >= 0.3 is 6.03 Å². The number of amides is 2. The summed E-state index contributed by atoms with van der Waals surface area (Å²) >= 11 is 0. The minimum Gasteiger partial charge on any atom is -0.383 e. The van der Waals surface area contributed by atoms with Crippen molar-refractivity contribution in [3.05, 3.63) is 59.3 Å². The van der Waals surface area contributed by atoms with E-state index in [4.69, 9.17) is 5.73 Å². The van der Waals surface area contributed by atoms with Crippen LogP contribution in [0.1, 0.15) is 37.9 Å². The van der Waals surface area contributed by atoms with Crippen molar-refractivity contribution in [1.82, 2.24) is 15.6 Å². The average Bonchev–Trinajstić information content (AvgIpc) is 2.51. The fraction of sp³-hybridized carbons (Fsp3) is 0.333. The topological polar surface area (TPSA) is 80.0 Å². The number of carbonyl (C=O) groups is 1. The van der Waals surface area contributed by atoms with Crippen LogP contribution in [0.5, 0.6) is 0 Å². The van der Waals surface area contributed by atoms with Gasteiger partial charge in [0.25, 0.3) is 0 Å². The molecule has 0 radical (unpaired) electrons. The van der Waals surface area contributed by atoms with Gasteiger partial charge in [0.1, 0.15) is 17.5 Å². The molecule has 1 aromatic carbocycles. The predicted molar refractivity (Wildman–Crippen MR) is 92.6 cm³/mol. The SMILES string of the molecule is CC(C)(C)C(NC(=O)NCc1cccnc1N)c1ccc(F)cc1F. The van der Waals surface area contributed by atoms with Crippen LogP contribution in [0.4, 0.5) is 19.4 Å². The summed E-state index contributed by atoms with van der Waals surface area (Å²) in [6, 6.07) is 5.68. The molecule has 0 aliphatic heterocycles. The first kappa shape index (κ1) is 18.6. The minimum absolute atomic E-state index is 0.189. The fourth-order valence-corrected chi connectivity index (χ4v) is 2.45. The summed E-state index contributed by atoms with van der Waals surface area (Å²) in [6.07, 6.45) is 1.56. The van der Waals surface area contributed by atoms with Gasteiger partial charge in [-0.3, -0.25) is 0 Å². The van der Waals surface area contributed by atoms with Crippen LogP contribution in [0.2, 0.25) is 0 Å². The third kappa shape index (κ3) is 4.89. The molecule has 134 valence electrons. The monoisotopic (exact) mass is 348 g/mol. The number of urea groups is 1. The average molecular weight is 348 g/mol. The molecule has 2 amide bonds. The second kappa shape index (κ2) is 7.46. The van der Waals surface area contributed by atoms with E-state index < -0.39 is 29.1 Å². The van der Waals surface area contributed by atoms with Gasteiger partial charge in [0.15, 0.2) is 0 Å². The van der Waals surface area contributed by atoms with Crippen molar-refractivity contribution in [3.63, 3.8) is 0 Å². The number of benzene rings is 1. The normalized spacial score (nSPS) is 12.5. The molecule has 1 heterocycles. The maximum Gasteiger partial charge on any atom is 0.315 e. The van der Waals surface area contributed by atoms with Gasteiger partial charge in [-0.25, -0.2) is 18.6 Å². The number of nitrogens with zero attached hydrogens (tertiary/aromatic N) is 1. The van der Waals surface area contributed by atoms with Gasteiger partial charge in [-0.1, -0.05) is 32.9 Å². The van der Waals surface area contributed by atoms with Crippen molar-refractivity contribution in [3.8, 4) is 0 Å². The van der Waals surface area contributed by atoms with E-state index in [0.29, 0.717) is 11.4 Å². The molecule has 0 saturated heterocycles. The molecule has 4 N–H and O–H groups in total. The lowest BCUT2D eigenvalue weighted by Gasteiger charge is -2.32.